The number of benzene rings is 2. The Labute approximate surface area is 180 Å². The number of ether oxygens (including phenoxy) is 1. The van der Waals surface area contributed by atoms with Crippen molar-refractivity contribution in [2.75, 3.05) is 39.3 Å². The molecule has 0 aromatic heterocycles. The highest BCUT2D eigenvalue weighted by Gasteiger charge is 2.37. The number of phenolic OH excluding ortho intramolecular Hbond substituents is 1. The van der Waals surface area contributed by atoms with Crippen LogP contribution in [0.1, 0.15) is 67.2 Å². The molecule has 0 saturated carbocycles. The topological polar surface area (TPSA) is 35.9 Å². The Morgan fingerprint density at radius 1 is 0.900 bits per heavy atom. The number of phenols is 1. The predicted octanol–water partition coefficient (Wildman–Crippen LogP) is 4.93. The van der Waals surface area contributed by atoms with Crippen molar-refractivity contribution in [2.45, 2.75) is 50.5 Å². The summed E-state index contributed by atoms with van der Waals surface area (Å²) in [6, 6.07) is 15.0. The zero-order valence-corrected chi connectivity index (χ0v) is 17.9. The van der Waals surface area contributed by atoms with Crippen molar-refractivity contribution in [3.63, 3.8) is 0 Å². The predicted molar refractivity (Wildman–Crippen MR) is 120 cm³/mol. The molecule has 0 amide bonds. The van der Waals surface area contributed by atoms with Crippen LogP contribution in [0.25, 0.3) is 0 Å². The van der Waals surface area contributed by atoms with Crippen LogP contribution in [0.2, 0.25) is 0 Å². The number of nitrogens with zero attached hydrogens (tertiary/aromatic N) is 2. The number of aromatic hydroxyl groups is 1. The van der Waals surface area contributed by atoms with E-state index in [4.69, 9.17) is 4.74 Å². The van der Waals surface area contributed by atoms with Gasteiger partial charge in [0.1, 0.15) is 11.5 Å². The molecule has 3 aliphatic rings. The van der Waals surface area contributed by atoms with Gasteiger partial charge in [-0.2, -0.15) is 0 Å². The number of fused-ring (bicyclic) bond motifs is 3. The second-order valence-corrected chi connectivity index (χ2v) is 9.16. The third-order valence-corrected chi connectivity index (χ3v) is 7.22. The van der Waals surface area contributed by atoms with Crippen molar-refractivity contribution in [3.05, 3.63) is 59.2 Å². The second-order valence-electron chi connectivity index (χ2n) is 9.16. The first-order valence-electron chi connectivity index (χ1n) is 11.8. The summed E-state index contributed by atoms with van der Waals surface area (Å²) in [6.07, 6.45) is 7.65. The van der Waals surface area contributed by atoms with Crippen molar-refractivity contribution in [1.82, 2.24) is 9.80 Å². The van der Waals surface area contributed by atoms with Gasteiger partial charge in [-0.15, -0.1) is 0 Å². The minimum atomic E-state index is 0.226. The fourth-order valence-corrected chi connectivity index (χ4v) is 5.69. The van der Waals surface area contributed by atoms with E-state index in [1.54, 1.807) is 0 Å². The van der Waals surface area contributed by atoms with Gasteiger partial charge in [0.25, 0.3) is 0 Å². The molecule has 160 valence electrons. The van der Waals surface area contributed by atoms with Crippen LogP contribution < -0.4 is 4.74 Å². The fourth-order valence-electron chi connectivity index (χ4n) is 5.69. The maximum atomic E-state index is 10.5. The third kappa shape index (κ3) is 4.08. The van der Waals surface area contributed by atoms with Gasteiger partial charge in [-0.25, -0.2) is 0 Å². The summed E-state index contributed by atoms with van der Waals surface area (Å²) in [4.78, 5) is 5.17. The number of likely N-dealkylation sites (tertiary alicyclic amines) is 1. The van der Waals surface area contributed by atoms with Gasteiger partial charge in [0.05, 0.1) is 6.61 Å². The molecule has 0 unspecified atom stereocenters. The maximum Gasteiger partial charge on any atom is 0.119 e. The zero-order chi connectivity index (χ0) is 20.3. The molecule has 0 radical (unpaired) electrons. The molecule has 2 aromatic rings. The lowest BCUT2D eigenvalue weighted by Gasteiger charge is -2.38. The van der Waals surface area contributed by atoms with Gasteiger partial charge in [0.2, 0.25) is 0 Å². The van der Waals surface area contributed by atoms with Crippen LogP contribution in [-0.4, -0.2) is 54.2 Å². The molecule has 2 fully saturated rings. The molecule has 2 saturated heterocycles. The lowest BCUT2D eigenvalue weighted by molar-refractivity contribution is 0.204. The van der Waals surface area contributed by atoms with Crippen LogP contribution in [-0.2, 0) is 0 Å². The molecule has 5 rings (SSSR count). The Bertz CT molecular complexity index is 862. The van der Waals surface area contributed by atoms with Crippen LogP contribution in [0.3, 0.4) is 0 Å². The molecule has 2 aromatic carbocycles. The molecular formula is C26H34N2O2. The summed E-state index contributed by atoms with van der Waals surface area (Å²) in [5, 5.41) is 10.5. The first-order chi connectivity index (χ1) is 14.8. The Hall–Kier alpha value is -2.04. The highest BCUT2D eigenvalue weighted by molar-refractivity contribution is 5.49. The molecule has 4 nitrogen and oxygen atoms in total. The summed E-state index contributed by atoms with van der Waals surface area (Å²) in [7, 11) is 0. The standard InChI is InChI=1S/C26H34N2O2/c29-26-10-3-2-8-22(26)24-19-28-16-6-9-25(28)23-18-20(11-12-21(23)24)30-17-7-15-27-13-4-1-5-14-27/h2-3,8,10-12,18,24-25,29H,1,4-7,9,13-17,19H2/t24-,25+/m1/s1. The van der Waals surface area contributed by atoms with E-state index in [-0.39, 0.29) is 5.92 Å². The van der Waals surface area contributed by atoms with E-state index in [1.807, 2.05) is 18.2 Å². The molecular weight excluding hydrogens is 372 g/mol. The minimum absolute atomic E-state index is 0.226. The van der Waals surface area contributed by atoms with Crippen molar-refractivity contribution < 1.29 is 9.84 Å². The highest BCUT2D eigenvalue weighted by atomic mass is 16.5. The molecule has 3 aliphatic heterocycles. The Balaban J connectivity index is 1.31. The van der Waals surface area contributed by atoms with Crippen molar-refractivity contribution in [2.24, 2.45) is 0 Å². The highest BCUT2D eigenvalue weighted by Crippen LogP contribution is 2.46. The number of hydrogen-bond acceptors (Lipinski definition) is 4. The normalized spacial score (nSPS) is 24.4. The summed E-state index contributed by atoms with van der Waals surface area (Å²) >= 11 is 0. The van der Waals surface area contributed by atoms with Crippen LogP contribution in [0.15, 0.2) is 42.5 Å². The average molecular weight is 407 g/mol. The molecule has 2 atom stereocenters. The minimum Gasteiger partial charge on any atom is -0.508 e. The Kier molecular flexibility index (Phi) is 5.96. The summed E-state index contributed by atoms with van der Waals surface area (Å²) in [5.41, 5.74) is 3.81. The fraction of sp³-hybridized carbons (Fsp3) is 0.538. The molecule has 4 heteroatoms. The van der Waals surface area contributed by atoms with E-state index < -0.39 is 0 Å². The van der Waals surface area contributed by atoms with E-state index in [1.165, 1.54) is 56.3 Å². The van der Waals surface area contributed by atoms with E-state index in [9.17, 15) is 5.11 Å². The Morgan fingerprint density at radius 3 is 2.63 bits per heavy atom. The molecule has 0 spiro atoms. The van der Waals surface area contributed by atoms with Gasteiger partial charge in [-0.05, 0) is 81.1 Å². The molecule has 30 heavy (non-hydrogen) atoms. The third-order valence-electron chi connectivity index (χ3n) is 7.22. The number of hydrogen-bond donors (Lipinski definition) is 1. The monoisotopic (exact) mass is 406 g/mol. The summed E-state index contributed by atoms with van der Waals surface area (Å²) in [6.45, 7) is 6.58. The number of piperidine rings is 1. The molecule has 3 heterocycles. The summed E-state index contributed by atoms with van der Waals surface area (Å²) in [5.74, 6) is 1.63. The quantitative estimate of drug-likeness (QED) is 0.690. The van der Waals surface area contributed by atoms with E-state index in [0.717, 1.165) is 44.0 Å². The van der Waals surface area contributed by atoms with Gasteiger partial charge in [-0.3, -0.25) is 4.90 Å². The van der Waals surface area contributed by atoms with Crippen LogP contribution in [0.5, 0.6) is 11.5 Å². The van der Waals surface area contributed by atoms with Crippen molar-refractivity contribution in [3.8, 4) is 11.5 Å². The van der Waals surface area contributed by atoms with Gasteiger partial charge in [0.15, 0.2) is 0 Å². The van der Waals surface area contributed by atoms with E-state index >= 15 is 0 Å². The van der Waals surface area contributed by atoms with E-state index in [0.29, 0.717) is 11.8 Å². The molecule has 0 bridgehead atoms. The molecule has 0 aliphatic carbocycles. The van der Waals surface area contributed by atoms with Gasteiger partial charge in [0, 0.05) is 30.6 Å². The maximum absolute atomic E-state index is 10.5. The van der Waals surface area contributed by atoms with Crippen LogP contribution in [0.4, 0.5) is 0 Å². The van der Waals surface area contributed by atoms with Crippen LogP contribution in [0, 0.1) is 0 Å². The van der Waals surface area contributed by atoms with Crippen molar-refractivity contribution >= 4 is 0 Å². The first-order valence-corrected chi connectivity index (χ1v) is 11.8. The lowest BCUT2D eigenvalue weighted by Crippen LogP contribution is -2.34. The largest absolute Gasteiger partial charge is 0.508 e. The summed E-state index contributed by atoms with van der Waals surface area (Å²) < 4.78 is 6.18. The second kappa shape index (κ2) is 8.99. The molecule has 1 N–H and O–H groups in total. The average Bonchev–Trinajstić information content (AvgIpc) is 3.26. The first kappa shape index (κ1) is 19.9. The Morgan fingerprint density at radius 2 is 1.77 bits per heavy atom. The van der Waals surface area contributed by atoms with Crippen LogP contribution >= 0.6 is 0 Å². The van der Waals surface area contributed by atoms with Crippen molar-refractivity contribution in [1.29, 1.82) is 0 Å². The lowest BCUT2D eigenvalue weighted by atomic mass is 9.81. The SMILES string of the molecule is Oc1ccccc1[C@@H]1CN2CCC[C@H]2c2cc(OCCCN3CCCCC3)ccc21. The van der Waals surface area contributed by atoms with Gasteiger partial charge in [-0.1, -0.05) is 30.7 Å². The number of para-hydroxylation sites is 1. The number of rotatable bonds is 6. The van der Waals surface area contributed by atoms with Gasteiger partial charge >= 0.3 is 0 Å². The van der Waals surface area contributed by atoms with E-state index in [2.05, 4.69) is 34.1 Å². The smallest absolute Gasteiger partial charge is 0.119 e. The zero-order valence-electron chi connectivity index (χ0n) is 17.9. The van der Waals surface area contributed by atoms with Gasteiger partial charge < -0.3 is 14.7 Å².